The molecule has 1 heterocycles. The average Bonchev–Trinajstić information content (AvgIpc) is 2.56. The quantitative estimate of drug-likeness (QED) is 0.860. The van der Waals surface area contributed by atoms with Gasteiger partial charge in [-0.05, 0) is 31.7 Å². The molecule has 1 aromatic rings. The summed E-state index contributed by atoms with van der Waals surface area (Å²) < 4.78 is 1.39. The highest BCUT2D eigenvalue weighted by atomic mass is 16.2. The second-order valence-electron chi connectivity index (χ2n) is 6.56. The highest BCUT2D eigenvalue weighted by Gasteiger charge is 2.06. The van der Waals surface area contributed by atoms with Gasteiger partial charge in [-0.2, -0.15) is 5.10 Å². The maximum atomic E-state index is 12.0. The number of hydrazone groups is 1. The summed E-state index contributed by atoms with van der Waals surface area (Å²) >= 11 is 0. The Bertz CT molecular complexity index is 578. The van der Waals surface area contributed by atoms with E-state index in [-0.39, 0.29) is 18.0 Å². The number of aromatic nitrogens is 1. The van der Waals surface area contributed by atoms with Gasteiger partial charge in [0.2, 0.25) is 0 Å². The van der Waals surface area contributed by atoms with Gasteiger partial charge in [0, 0.05) is 18.0 Å². The maximum absolute atomic E-state index is 12.0. The van der Waals surface area contributed by atoms with Crippen LogP contribution in [0.25, 0.3) is 0 Å². The molecule has 0 bridgehead atoms. The van der Waals surface area contributed by atoms with Crippen molar-refractivity contribution in [2.24, 2.45) is 5.10 Å². The van der Waals surface area contributed by atoms with Gasteiger partial charge < -0.3 is 4.57 Å². The number of pyridine rings is 1. The molecule has 0 atom stereocenters. The van der Waals surface area contributed by atoms with Crippen LogP contribution in [0, 0.1) is 0 Å². The van der Waals surface area contributed by atoms with Crippen LogP contribution in [0.5, 0.6) is 0 Å². The van der Waals surface area contributed by atoms with Crippen LogP contribution < -0.4 is 11.0 Å². The lowest BCUT2D eigenvalue weighted by Crippen LogP contribution is -2.29. The number of amides is 1. The van der Waals surface area contributed by atoms with Crippen molar-refractivity contribution in [3.63, 3.8) is 0 Å². The van der Waals surface area contributed by atoms with Crippen LogP contribution in [0.4, 0.5) is 0 Å². The minimum Gasteiger partial charge on any atom is -0.306 e. The minimum atomic E-state index is -0.248. The largest absolute Gasteiger partial charge is 0.306 e. The number of rotatable bonds is 3. The second-order valence-corrected chi connectivity index (χ2v) is 6.56. The van der Waals surface area contributed by atoms with E-state index in [1.807, 2.05) is 0 Å². The predicted octanol–water partition coefficient (Wildman–Crippen LogP) is 3.63. The molecule has 0 aliphatic heterocycles. The van der Waals surface area contributed by atoms with Crippen LogP contribution in [0.15, 0.2) is 34.3 Å². The lowest BCUT2D eigenvalue weighted by molar-refractivity contribution is -0.121. The van der Waals surface area contributed by atoms with Gasteiger partial charge >= 0.3 is 0 Å². The lowest BCUT2D eigenvalue weighted by atomic mass is 10.00. The third kappa shape index (κ3) is 7.11. The van der Waals surface area contributed by atoms with Crippen LogP contribution in [-0.4, -0.2) is 16.2 Å². The average molecular weight is 331 g/mol. The van der Waals surface area contributed by atoms with E-state index in [2.05, 4.69) is 10.5 Å². The molecule has 0 saturated heterocycles. The first-order valence-electron chi connectivity index (χ1n) is 9.25. The van der Waals surface area contributed by atoms with Gasteiger partial charge in [0.05, 0.1) is 0 Å². The van der Waals surface area contributed by atoms with Gasteiger partial charge in [-0.25, -0.2) is 5.43 Å². The fourth-order valence-corrected chi connectivity index (χ4v) is 3.06. The second kappa shape index (κ2) is 10.8. The van der Waals surface area contributed by atoms with E-state index in [1.165, 1.54) is 55.6 Å². The van der Waals surface area contributed by atoms with E-state index in [1.54, 1.807) is 18.3 Å². The summed E-state index contributed by atoms with van der Waals surface area (Å²) in [4.78, 5) is 23.6. The topological polar surface area (TPSA) is 63.5 Å². The third-order valence-electron chi connectivity index (χ3n) is 4.48. The summed E-state index contributed by atoms with van der Waals surface area (Å²) in [6.45, 7) is 0.0104. The van der Waals surface area contributed by atoms with Crippen molar-refractivity contribution in [2.75, 3.05) is 0 Å². The number of carbonyl (C=O) groups excluding carboxylic acids is 1. The van der Waals surface area contributed by atoms with Crippen LogP contribution in [0.3, 0.4) is 0 Å². The van der Waals surface area contributed by atoms with Crippen molar-refractivity contribution in [1.29, 1.82) is 0 Å². The van der Waals surface area contributed by atoms with Crippen LogP contribution >= 0.6 is 0 Å². The summed E-state index contributed by atoms with van der Waals surface area (Å²) in [7, 11) is 0. The van der Waals surface area contributed by atoms with Crippen molar-refractivity contribution in [1.82, 2.24) is 9.99 Å². The normalized spacial score (nSPS) is 17.4. The van der Waals surface area contributed by atoms with Crippen molar-refractivity contribution >= 4 is 11.6 Å². The lowest BCUT2D eigenvalue weighted by Gasteiger charge is -2.10. The number of hydrogen-bond acceptors (Lipinski definition) is 3. The zero-order valence-corrected chi connectivity index (χ0v) is 14.5. The molecule has 1 N–H and O–H groups in total. The summed E-state index contributed by atoms with van der Waals surface area (Å²) in [6.07, 6.45) is 15.0. The fraction of sp³-hybridized carbons (Fsp3) is 0.632. The van der Waals surface area contributed by atoms with E-state index >= 15 is 0 Å². The monoisotopic (exact) mass is 331 g/mol. The molecule has 0 radical (unpaired) electrons. The Hall–Kier alpha value is -1.91. The molecule has 2 rings (SSSR count). The van der Waals surface area contributed by atoms with E-state index in [9.17, 15) is 9.59 Å². The van der Waals surface area contributed by atoms with E-state index in [0.717, 1.165) is 31.4 Å². The molecule has 1 aliphatic carbocycles. The molecule has 0 unspecified atom stereocenters. The first kappa shape index (κ1) is 18.4. The van der Waals surface area contributed by atoms with Crippen LogP contribution in [-0.2, 0) is 11.3 Å². The molecule has 0 aromatic carbocycles. The molecule has 1 saturated carbocycles. The molecule has 1 aromatic heterocycles. The Morgan fingerprint density at radius 3 is 2.12 bits per heavy atom. The van der Waals surface area contributed by atoms with Gasteiger partial charge in [0.15, 0.2) is 0 Å². The van der Waals surface area contributed by atoms with Gasteiger partial charge in [-0.15, -0.1) is 0 Å². The molecule has 1 amide bonds. The molecule has 1 fully saturated rings. The molecule has 0 spiro atoms. The predicted molar refractivity (Wildman–Crippen MR) is 97.1 cm³/mol. The van der Waals surface area contributed by atoms with Gasteiger partial charge in [0.1, 0.15) is 6.54 Å². The number of carbonyl (C=O) groups is 1. The summed E-state index contributed by atoms with van der Waals surface area (Å²) in [5.41, 5.74) is 3.54. The highest BCUT2D eigenvalue weighted by molar-refractivity contribution is 5.86. The SMILES string of the molecule is O=C(Cn1ccccc1=O)NN=C1CCCCCCCCCCC1. The molecular weight excluding hydrogens is 302 g/mol. The summed E-state index contributed by atoms with van der Waals surface area (Å²) in [5.74, 6) is -0.248. The van der Waals surface area contributed by atoms with Gasteiger partial charge in [-0.1, -0.05) is 51.0 Å². The Kier molecular flexibility index (Phi) is 8.28. The zero-order chi connectivity index (χ0) is 17.0. The van der Waals surface area contributed by atoms with Crippen molar-refractivity contribution in [3.05, 3.63) is 34.7 Å². The van der Waals surface area contributed by atoms with E-state index < -0.39 is 0 Å². The minimum absolute atomic E-state index is 0.0104. The number of nitrogens with zero attached hydrogens (tertiary/aromatic N) is 2. The first-order valence-corrected chi connectivity index (χ1v) is 9.25. The molecule has 1 aliphatic rings. The Morgan fingerprint density at radius 2 is 1.54 bits per heavy atom. The van der Waals surface area contributed by atoms with Crippen LogP contribution in [0.1, 0.15) is 70.6 Å². The first-order chi connectivity index (χ1) is 11.8. The zero-order valence-electron chi connectivity index (χ0n) is 14.5. The van der Waals surface area contributed by atoms with Crippen LogP contribution in [0.2, 0.25) is 0 Å². The molecule has 5 heteroatoms. The Labute approximate surface area is 144 Å². The summed E-state index contributed by atoms with van der Waals surface area (Å²) in [6, 6.07) is 4.86. The third-order valence-corrected chi connectivity index (χ3v) is 4.48. The Balaban J connectivity index is 1.85. The van der Waals surface area contributed by atoms with Gasteiger partial charge in [-0.3, -0.25) is 9.59 Å². The summed E-state index contributed by atoms with van der Waals surface area (Å²) in [5, 5.41) is 4.34. The van der Waals surface area contributed by atoms with Crippen molar-refractivity contribution in [3.8, 4) is 0 Å². The molecule has 5 nitrogen and oxygen atoms in total. The van der Waals surface area contributed by atoms with E-state index in [4.69, 9.17) is 0 Å². The van der Waals surface area contributed by atoms with Gasteiger partial charge in [0.25, 0.3) is 11.5 Å². The standard InChI is InChI=1S/C19H29N3O2/c23-18(16-22-15-11-10-14-19(22)24)21-20-17-12-8-6-4-2-1-3-5-7-9-13-17/h10-11,14-15H,1-9,12-13,16H2,(H,21,23). The highest BCUT2D eigenvalue weighted by Crippen LogP contribution is 2.15. The maximum Gasteiger partial charge on any atom is 0.260 e. The molecule has 24 heavy (non-hydrogen) atoms. The molecule has 132 valence electrons. The Morgan fingerprint density at radius 1 is 0.958 bits per heavy atom. The van der Waals surface area contributed by atoms with Crippen molar-refractivity contribution in [2.45, 2.75) is 77.2 Å². The van der Waals surface area contributed by atoms with Crippen molar-refractivity contribution < 1.29 is 4.79 Å². The number of hydrogen-bond donors (Lipinski definition) is 1. The number of nitrogens with one attached hydrogen (secondary N) is 1. The molecular formula is C19H29N3O2. The smallest absolute Gasteiger partial charge is 0.260 e. The fourth-order valence-electron chi connectivity index (χ4n) is 3.06. The van der Waals surface area contributed by atoms with E-state index in [0.29, 0.717) is 0 Å².